The molecule has 0 atom stereocenters. The zero-order chi connectivity index (χ0) is 22.4. The van der Waals surface area contributed by atoms with Gasteiger partial charge in [-0.1, -0.05) is 60.7 Å². The molecule has 3 aromatic carbocycles. The summed E-state index contributed by atoms with van der Waals surface area (Å²) in [5.74, 6) is -0.466. The minimum Gasteiger partial charge on any atom is -0.378 e. The monoisotopic (exact) mass is 444 g/mol. The molecule has 31 heavy (non-hydrogen) atoms. The Kier molecular flexibility index (Phi) is 7.28. The number of carbonyl (C=O) groups excluding carboxylic acids is 1. The minimum atomic E-state index is -4.57. The Morgan fingerprint density at radius 1 is 0.935 bits per heavy atom. The lowest BCUT2D eigenvalue weighted by Gasteiger charge is -2.20. The van der Waals surface area contributed by atoms with E-state index in [1.54, 1.807) is 25.1 Å². The number of amides is 1. The van der Waals surface area contributed by atoms with E-state index in [1.165, 1.54) is 17.8 Å². The van der Waals surface area contributed by atoms with Gasteiger partial charge in [0, 0.05) is 19.8 Å². The Morgan fingerprint density at radius 3 is 1.97 bits per heavy atom. The van der Waals surface area contributed by atoms with Crippen LogP contribution in [-0.4, -0.2) is 25.8 Å². The summed E-state index contributed by atoms with van der Waals surface area (Å²) in [5.41, 5.74) is 1.36. The molecule has 0 saturated carbocycles. The second kappa shape index (κ2) is 9.92. The molecule has 0 saturated heterocycles. The van der Waals surface area contributed by atoms with E-state index in [2.05, 4.69) is 5.32 Å². The Balaban J connectivity index is 1.77. The average Bonchev–Trinajstić information content (AvgIpc) is 2.75. The topological polar surface area (TPSA) is 32.3 Å². The molecule has 162 valence electrons. The molecule has 0 aromatic heterocycles. The summed E-state index contributed by atoms with van der Waals surface area (Å²) >= 11 is 1.37. The van der Waals surface area contributed by atoms with Crippen molar-refractivity contribution < 1.29 is 18.0 Å². The standard InChI is InChI=1S/C24H23F3N2OS/c1-29(2)19-13-14-21(20(15-19)24(25,26)27)28-22(30)16-31-23(17-9-5-3-6-10-17)18-11-7-4-8-12-18/h3-15,23H,16H2,1-2H3,(H,28,30). The third-order valence-corrected chi connectivity index (χ3v) is 5.99. The Labute approximate surface area is 184 Å². The summed E-state index contributed by atoms with van der Waals surface area (Å²) in [4.78, 5) is 14.2. The highest BCUT2D eigenvalue weighted by atomic mass is 32.2. The second-order valence-corrected chi connectivity index (χ2v) is 8.28. The fourth-order valence-corrected chi connectivity index (χ4v) is 4.23. The molecule has 1 amide bonds. The van der Waals surface area contributed by atoms with E-state index >= 15 is 0 Å². The van der Waals surface area contributed by atoms with Crippen LogP contribution in [0.25, 0.3) is 0 Å². The fourth-order valence-electron chi connectivity index (χ4n) is 3.14. The normalized spacial score (nSPS) is 11.4. The minimum absolute atomic E-state index is 0.0151. The van der Waals surface area contributed by atoms with E-state index in [0.717, 1.165) is 17.2 Å². The van der Waals surface area contributed by atoms with E-state index in [4.69, 9.17) is 0 Å². The van der Waals surface area contributed by atoms with Crippen molar-refractivity contribution >= 4 is 29.0 Å². The molecule has 0 spiro atoms. The van der Waals surface area contributed by atoms with Crippen molar-refractivity contribution in [2.24, 2.45) is 0 Å². The summed E-state index contributed by atoms with van der Waals surface area (Å²) in [7, 11) is 3.33. The van der Waals surface area contributed by atoms with E-state index in [-0.39, 0.29) is 16.7 Å². The van der Waals surface area contributed by atoms with Gasteiger partial charge in [-0.3, -0.25) is 4.79 Å². The number of carbonyl (C=O) groups is 1. The number of hydrogen-bond acceptors (Lipinski definition) is 3. The van der Waals surface area contributed by atoms with Crippen molar-refractivity contribution in [3.63, 3.8) is 0 Å². The van der Waals surface area contributed by atoms with Crippen molar-refractivity contribution in [3.8, 4) is 0 Å². The lowest BCUT2D eigenvalue weighted by atomic mass is 10.0. The number of thioether (sulfide) groups is 1. The molecule has 0 radical (unpaired) electrons. The van der Waals surface area contributed by atoms with Crippen molar-refractivity contribution in [1.29, 1.82) is 0 Å². The van der Waals surface area contributed by atoms with Crippen LogP contribution in [0.5, 0.6) is 0 Å². The Hall–Kier alpha value is -2.93. The van der Waals surface area contributed by atoms with E-state index in [9.17, 15) is 18.0 Å². The molecule has 0 bridgehead atoms. The van der Waals surface area contributed by atoms with Crippen molar-refractivity contribution in [2.45, 2.75) is 11.4 Å². The van der Waals surface area contributed by atoms with Gasteiger partial charge in [-0.2, -0.15) is 13.2 Å². The highest BCUT2D eigenvalue weighted by Gasteiger charge is 2.34. The van der Waals surface area contributed by atoms with Gasteiger partial charge in [-0.25, -0.2) is 0 Å². The summed E-state index contributed by atoms with van der Waals surface area (Å²) in [5, 5.41) is 2.34. The lowest BCUT2D eigenvalue weighted by Crippen LogP contribution is -2.19. The molecule has 7 heteroatoms. The van der Waals surface area contributed by atoms with Crippen LogP contribution >= 0.6 is 11.8 Å². The van der Waals surface area contributed by atoms with Crippen molar-refractivity contribution in [1.82, 2.24) is 0 Å². The largest absolute Gasteiger partial charge is 0.418 e. The predicted octanol–water partition coefficient (Wildman–Crippen LogP) is 6.23. The number of alkyl halides is 3. The van der Waals surface area contributed by atoms with E-state index in [0.29, 0.717) is 5.69 Å². The number of anilines is 2. The van der Waals surface area contributed by atoms with Crippen LogP contribution in [0.2, 0.25) is 0 Å². The molecular weight excluding hydrogens is 421 g/mol. The van der Waals surface area contributed by atoms with Gasteiger partial charge in [-0.05, 0) is 29.3 Å². The van der Waals surface area contributed by atoms with Crippen LogP contribution in [0.4, 0.5) is 24.5 Å². The molecule has 3 nitrogen and oxygen atoms in total. The molecule has 3 aromatic rings. The maximum Gasteiger partial charge on any atom is 0.418 e. The number of hydrogen-bond donors (Lipinski definition) is 1. The molecule has 0 fully saturated rings. The molecular formula is C24H23F3N2OS. The van der Waals surface area contributed by atoms with Gasteiger partial charge in [-0.15, -0.1) is 11.8 Å². The van der Waals surface area contributed by atoms with Gasteiger partial charge in [0.15, 0.2) is 0 Å². The van der Waals surface area contributed by atoms with Gasteiger partial charge in [0.1, 0.15) is 0 Å². The quantitative estimate of drug-likeness (QED) is 0.469. The molecule has 0 aliphatic rings. The highest BCUT2D eigenvalue weighted by molar-refractivity contribution is 8.00. The second-order valence-electron chi connectivity index (χ2n) is 7.18. The molecule has 0 heterocycles. The summed E-state index contributed by atoms with van der Waals surface area (Å²) in [6.45, 7) is 0. The molecule has 0 aliphatic carbocycles. The van der Waals surface area contributed by atoms with Gasteiger partial charge >= 0.3 is 6.18 Å². The lowest BCUT2D eigenvalue weighted by molar-refractivity contribution is -0.136. The fraction of sp³-hybridized carbons (Fsp3) is 0.208. The first-order valence-electron chi connectivity index (χ1n) is 9.65. The Morgan fingerprint density at radius 2 is 1.48 bits per heavy atom. The summed E-state index contributed by atoms with van der Waals surface area (Å²) in [6.07, 6.45) is -4.57. The predicted molar refractivity (Wildman–Crippen MR) is 122 cm³/mol. The number of rotatable bonds is 7. The van der Waals surface area contributed by atoms with Gasteiger partial charge in [0.2, 0.25) is 5.91 Å². The maximum absolute atomic E-state index is 13.5. The number of halogens is 3. The Bertz CT molecular complexity index is 969. The highest BCUT2D eigenvalue weighted by Crippen LogP contribution is 2.38. The zero-order valence-electron chi connectivity index (χ0n) is 17.2. The van der Waals surface area contributed by atoms with E-state index in [1.807, 2.05) is 60.7 Å². The number of benzene rings is 3. The third kappa shape index (κ3) is 6.04. The van der Waals surface area contributed by atoms with Crippen molar-refractivity contribution in [3.05, 3.63) is 95.6 Å². The van der Waals surface area contributed by atoms with Crippen LogP contribution < -0.4 is 10.2 Å². The van der Waals surface area contributed by atoms with Crippen LogP contribution in [0.15, 0.2) is 78.9 Å². The maximum atomic E-state index is 13.5. The molecule has 0 unspecified atom stereocenters. The van der Waals surface area contributed by atoms with Crippen molar-refractivity contribution in [2.75, 3.05) is 30.1 Å². The first-order valence-corrected chi connectivity index (χ1v) is 10.7. The van der Waals surface area contributed by atoms with Gasteiger partial charge in [0.25, 0.3) is 0 Å². The van der Waals surface area contributed by atoms with Crippen LogP contribution in [-0.2, 0) is 11.0 Å². The first kappa shape index (κ1) is 22.7. The van der Waals surface area contributed by atoms with E-state index < -0.39 is 17.6 Å². The summed E-state index contributed by atoms with van der Waals surface area (Å²) < 4.78 is 40.6. The third-order valence-electron chi connectivity index (χ3n) is 4.68. The zero-order valence-corrected chi connectivity index (χ0v) is 18.0. The van der Waals surface area contributed by atoms with Crippen LogP contribution in [0.3, 0.4) is 0 Å². The van der Waals surface area contributed by atoms with Gasteiger partial charge in [0.05, 0.1) is 22.3 Å². The first-order chi connectivity index (χ1) is 14.8. The smallest absolute Gasteiger partial charge is 0.378 e. The average molecular weight is 445 g/mol. The molecule has 0 aliphatic heterocycles. The molecule has 1 N–H and O–H groups in total. The van der Waals surface area contributed by atoms with Gasteiger partial charge < -0.3 is 10.2 Å². The van der Waals surface area contributed by atoms with Crippen LogP contribution in [0, 0.1) is 0 Å². The van der Waals surface area contributed by atoms with Crippen LogP contribution in [0.1, 0.15) is 21.9 Å². The number of nitrogens with one attached hydrogen (secondary N) is 1. The molecule has 3 rings (SSSR count). The summed E-state index contributed by atoms with van der Waals surface area (Å²) in [6, 6.07) is 23.3. The number of nitrogens with zero attached hydrogens (tertiary/aromatic N) is 1. The SMILES string of the molecule is CN(C)c1ccc(NC(=O)CSC(c2ccccc2)c2ccccc2)c(C(F)(F)F)c1.